The number of nitrogens with one attached hydrogen (secondary N) is 1. The number of carbonyl (C=O) groups excluding carboxylic acids is 1. The smallest absolute Gasteiger partial charge is 0.257 e. The highest BCUT2D eigenvalue weighted by atomic mass is 32.2. The molecule has 0 saturated heterocycles. The van der Waals surface area contributed by atoms with Gasteiger partial charge < -0.3 is 0 Å². The van der Waals surface area contributed by atoms with Gasteiger partial charge in [0.05, 0.1) is 10.6 Å². The number of nitrogens with zero attached hydrogens (tertiary/aromatic N) is 2. The topological polar surface area (TPSA) is 79.4 Å². The van der Waals surface area contributed by atoms with E-state index in [2.05, 4.69) is 10.3 Å². The summed E-state index contributed by atoms with van der Waals surface area (Å²) in [5, 5.41) is 2.87. The van der Waals surface area contributed by atoms with Crippen LogP contribution in [0.2, 0.25) is 0 Å². The van der Waals surface area contributed by atoms with E-state index in [1.807, 2.05) is 0 Å². The van der Waals surface area contributed by atoms with Gasteiger partial charge in [-0.2, -0.15) is 0 Å². The van der Waals surface area contributed by atoms with Crippen LogP contribution in [0.5, 0.6) is 0 Å². The standard InChI is InChI=1S/C19H17F2N3O3S2/c1-11-17(12-7-8-15(20)16(21)10-12)22-19(28-11)23-18(25)13-5-4-6-14(9-13)29(26,27)24(2)3/h4-10H,1-3H3,(H,22,23,25). The number of hydrogen-bond acceptors (Lipinski definition) is 5. The van der Waals surface area contributed by atoms with Gasteiger partial charge in [0.25, 0.3) is 5.91 Å². The molecule has 3 aromatic rings. The molecule has 29 heavy (non-hydrogen) atoms. The van der Waals surface area contributed by atoms with E-state index >= 15 is 0 Å². The Bertz CT molecular complexity index is 1190. The summed E-state index contributed by atoms with van der Waals surface area (Å²) in [7, 11) is -0.872. The van der Waals surface area contributed by atoms with Crippen LogP contribution in [-0.2, 0) is 10.0 Å². The molecule has 1 aromatic heterocycles. The highest BCUT2D eigenvalue weighted by Gasteiger charge is 2.20. The first-order valence-corrected chi connectivity index (χ1v) is 10.6. The number of thiazole rings is 1. The fourth-order valence-electron chi connectivity index (χ4n) is 2.54. The molecule has 0 saturated carbocycles. The number of hydrogen-bond donors (Lipinski definition) is 1. The van der Waals surface area contributed by atoms with E-state index in [1.54, 1.807) is 6.92 Å². The van der Waals surface area contributed by atoms with Crippen LogP contribution in [-0.4, -0.2) is 37.7 Å². The molecule has 6 nitrogen and oxygen atoms in total. The summed E-state index contributed by atoms with van der Waals surface area (Å²) in [6, 6.07) is 9.10. The van der Waals surface area contributed by atoms with E-state index in [4.69, 9.17) is 0 Å². The molecule has 0 atom stereocenters. The molecule has 1 amide bonds. The van der Waals surface area contributed by atoms with Crippen molar-refractivity contribution in [2.75, 3.05) is 19.4 Å². The van der Waals surface area contributed by atoms with Crippen molar-refractivity contribution in [1.29, 1.82) is 0 Å². The molecule has 0 bridgehead atoms. The van der Waals surface area contributed by atoms with Crippen LogP contribution in [0.25, 0.3) is 11.3 Å². The molecular formula is C19H17F2N3O3S2. The molecule has 0 aliphatic rings. The maximum Gasteiger partial charge on any atom is 0.257 e. The number of anilines is 1. The van der Waals surface area contributed by atoms with Crippen molar-refractivity contribution in [3.63, 3.8) is 0 Å². The second kappa shape index (κ2) is 7.97. The van der Waals surface area contributed by atoms with E-state index in [-0.39, 0.29) is 15.6 Å². The molecular weight excluding hydrogens is 420 g/mol. The average Bonchev–Trinajstić information content (AvgIpc) is 3.04. The number of halogens is 2. The van der Waals surface area contributed by atoms with Crippen LogP contribution in [0, 0.1) is 18.6 Å². The summed E-state index contributed by atoms with van der Waals surface area (Å²) in [5.74, 6) is -2.48. The number of amides is 1. The largest absolute Gasteiger partial charge is 0.298 e. The highest BCUT2D eigenvalue weighted by Crippen LogP contribution is 2.31. The van der Waals surface area contributed by atoms with Crippen molar-refractivity contribution in [1.82, 2.24) is 9.29 Å². The summed E-state index contributed by atoms with van der Waals surface area (Å²) >= 11 is 1.17. The lowest BCUT2D eigenvalue weighted by molar-refractivity contribution is 0.102. The van der Waals surface area contributed by atoms with Crippen molar-refractivity contribution in [2.24, 2.45) is 0 Å². The van der Waals surface area contributed by atoms with Crippen molar-refractivity contribution >= 4 is 32.4 Å². The Balaban J connectivity index is 1.86. The average molecular weight is 437 g/mol. The van der Waals surface area contributed by atoms with Gasteiger partial charge in [0.2, 0.25) is 10.0 Å². The summed E-state index contributed by atoms with van der Waals surface area (Å²) in [6.45, 7) is 1.74. The van der Waals surface area contributed by atoms with E-state index in [1.165, 1.54) is 55.8 Å². The van der Waals surface area contributed by atoms with Gasteiger partial charge in [0.15, 0.2) is 16.8 Å². The Morgan fingerprint density at radius 1 is 1.10 bits per heavy atom. The first-order valence-electron chi connectivity index (χ1n) is 8.36. The third kappa shape index (κ3) is 4.34. The predicted octanol–water partition coefficient (Wildman–Crippen LogP) is 3.90. The normalized spacial score (nSPS) is 11.7. The van der Waals surface area contributed by atoms with E-state index in [0.29, 0.717) is 16.1 Å². The zero-order valence-corrected chi connectivity index (χ0v) is 17.4. The lowest BCUT2D eigenvalue weighted by Gasteiger charge is -2.12. The summed E-state index contributed by atoms with van der Waals surface area (Å²) < 4.78 is 52.2. The number of sulfonamides is 1. The summed E-state index contributed by atoms with van der Waals surface area (Å²) in [6.07, 6.45) is 0. The van der Waals surface area contributed by atoms with Crippen LogP contribution < -0.4 is 5.32 Å². The van der Waals surface area contributed by atoms with Crippen LogP contribution in [0.4, 0.5) is 13.9 Å². The molecule has 0 unspecified atom stereocenters. The molecule has 0 spiro atoms. The highest BCUT2D eigenvalue weighted by molar-refractivity contribution is 7.89. The first-order chi connectivity index (χ1) is 13.6. The molecule has 152 valence electrons. The number of aromatic nitrogens is 1. The van der Waals surface area contributed by atoms with Crippen LogP contribution in [0.1, 0.15) is 15.2 Å². The molecule has 0 radical (unpaired) electrons. The second-order valence-electron chi connectivity index (χ2n) is 6.32. The summed E-state index contributed by atoms with van der Waals surface area (Å²) in [5.41, 5.74) is 0.959. The molecule has 3 rings (SSSR count). The van der Waals surface area contributed by atoms with Gasteiger partial charge in [-0.05, 0) is 43.3 Å². The Morgan fingerprint density at radius 3 is 2.48 bits per heavy atom. The van der Waals surface area contributed by atoms with Gasteiger partial charge in [-0.15, -0.1) is 11.3 Å². The molecule has 0 aliphatic carbocycles. The second-order valence-corrected chi connectivity index (χ2v) is 9.68. The lowest BCUT2D eigenvalue weighted by atomic mass is 10.1. The third-order valence-electron chi connectivity index (χ3n) is 4.08. The first kappa shape index (κ1) is 21.0. The minimum Gasteiger partial charge on any atom is -0.298 e. The van der Waals surface area contributed by atoms with Gasteiger partial charge in [-0.25, -0.2) is 26.5 Å². The SMILES string of the molecule is Cc1sc(NC(=O)c2cccc(S(=O)(=O)N(C)C)c2)nc1-c1ccc(F)c(F)c1. The van der Waals surface area contributed by atoms with E-state index in [9.17, 15) is 22.0 Å². The lowest BCUT2D eigenvalue weighted by Crippen LogP contribution is -2.22. The molecule has 2 aromatic carbocycles. The molecule has 1 N–H and O–H groups in total. The zero-order valence-electron chi connectivity index (χ0n) is 15.7. The van der Waals surface area contributed by atoms with Gasteiger partial charge in [0, 0.05) is 30.1 Å². The Labute approximate surface area is 170 Å². The van der Waals surface area contributed by atoms with Crippen molar-refractivity contribution in [3.8, 4) is 11.3 Å². The minimum absolute atomic E-state index is 0.00653. The van der Waals surface area contributed by atoms with Crippen molar-refractivity contribution in [2.45, 2.75) is 11.8 Å². The van der Waals surface area contributed by atoms with Crippen LogP contribution in [0.3, 0.4) is 0 Å². The monoisotopic (exact) mass is 437 g/mol. The molecule has 10 heteroatoms. The van der Waals surface area contributed by atoms with E-state index in [0.717, 1.165) is 16.4 Å². The number of aryl methyl sites for hydroxylation is 1. The fourth-order valence-corrected chi connectivity index (χ4v) is 4.32. The van der Waals surface area contributed by atoms with Gasteiger partial charge in [-0.1, -0.05) is 6.07 Å². The third-order valence-corrected chi connectivity index (χ3v) is 6.78. The van der Waals surface area contributed by atoms with Gasteiger partial charge in [0.1, 0.15) is 0 Å². The number of benzene rings is 2. The summed E-state index contributed by atoms with van der Waals surface area (Å²) in [4.78, 5) is 17.5. The number of carbonyl (C=O) groups is 1. The molecule has 1 heterocycles. The van der Waals surface area contributed by atoms with Crippen LogP contribution >= 0.6 is 11.3 Å². The van der Waals surface area contributed by atoms with Gasteiger partial charge in [-0.3, -0.25) is 10.1 Å². The Morgan fingerprint density at radius 2 is 1.83 bits per heavy atom. The quantitative estimate of drug-likeness (QED) is 0.657. The maximum atomic E-state index is 13.5. The minimum atomic E-state index is -3.68. The van der Waals surface area contributed by atoms with Crippen LogP contribution in [0.15, 0.2) is 47.4 Å². The Kier molecular flexibility index (Phi) is 5.78. The molecule has 0 aliphatic heterocycles. The number of rotatable bonds is 5. The predicted molar refractivity (Wildman–Crippen MR) is 107 cm³/mol. The Hall–Kier alpha value is -2.69. The maximum absolute atomic E-state index is 13.5. The van der Waals surface area contributed by atoms with E-state index < -0.39 is 27.6 Å². The van der Waals surface area contributed by atoms with Gasteiger partial charge >= 0.3 is 0 Å². The fraction of sp³-hybridized carbons (Fsp3) is 0.158. The van der Waals surface area contributed by atoms with Crippen molar-refractivity contribution < 1.29 is 22.0 Å². The molecule has 0 fully saturated rings. The van der Waals surface area contributed by atoms with Crippen molar-refractivity contribution in [3.05, 3.63) is 64.5 Å². The zero-order chi connectivity index (χ0) is 21.3.